The Bertz CT molecular complexity index is 739. The molecular weight excluding hydrogens is 362 g/mol. The molecule has 0 heterocycles. The first kappa shape index (κ1) is 20.3. The van der Waals surface area contributed by atoms with Gasteiger partial charge in [-0.25, -0.2) is 0 Å². The molecule has 26 heavy (non-hydrogen) atoms. The molecule has 0 aliphatic heterocycles. The van der Waals surface area contributed by atoms with Crippen LogP contribution in [0.15, 0.2) is 86.7 Å². The molecule has 0 bridgehead atoms. The van der Waals surface area contributed by atoms with Crippen molar-refractivity contribution in [2.45, 2.75) is 10.9 Å². The Hall–Kier alpha value is -2.02. The highest BCUT2D eigenvalue weighted by Crippen LogP contribution is 2.31. The van der Waals surface area contributed by atoms with Crippen LogP contribution >= 0.6 is 23.5 Å². The molecule has 0 spiro atoms. The summed E-state index contributed by atoms with van der Waals surface area (Å²) in [5.74, 6) is -0.129. The number of aliphatic imine (C=N–C) groups is 1. The van der Waals surface area contributed by atoms with Crippen molar-refractivity contribution in [2.75, 3.05) is 19.8 Å². The van der Waals surface area contributed by atoms with Gasteiger partial charge >= 0.3 is 0 Å². The Morgan fingerprint density at radius 1 is 1.38 bits per heavy atom. The zero-order valence-corrected chi connectivity index (χ0v) is 16.6. The summed E-state index contributed by atoms with van der Waals surface area (Å²) in [5, 5.41) is 5.27. The molecule has 1 aromatic rings. The van der Waals surface area contributed by atoms with Crippen molar-refractivity contribution in [2.24, 2.45) is 4.99 Å². The van der Waals surface area contributed by atoms with E-state index in [0.717, 1.165) is 0 Å². The van der Waals surface area contributed by atoms with Gasteiger partial charge in [-0.05, 0) is 30.5 Å². The fraction of sp³-hybridized carbons (Fsp3) is 0.200. The number of benzene rings is 1. The van der Waals surface area contributed by atoms with E-state index >= 15 is 0 Å². The van der Waals surface area contributed by atoms with Gasteiger partial charge in [0.15, 0.2) is 0 Å². The highest BCUT2D eigenvalue weighted by atomic mass is 32.2. The molecule has 1 unspecified atom stereocenters. The summed E-state index contributed by atoms with van der Waals surface area (Å²) in [5.41, 5.74) is 0.615. The van der Waals surface area contributed by atoms with E-state index in [0.29, 0.717) is 12.2 Å². The first-order valence-corrected chi connectivity index (χ1v) is 10.2. The standard InChI is InChI=1S/C20H23N3OS2/c1-21-16(14-20(24)23(2)12-13-25-3)15-22-18-10-7-11-19(18)26-17-8-5-4-6-9-17/h4-14,18,22H,1,15H2,2-3H3/b13-12-,16-14-. The lowest BCUT2D eigenvalue weighted by molar-refractivity contribution is -0.122. The topological polar surface area (TPSA) is 44.7 Å². The van der Waals surface area contributed by atoms with Crippen LogP contribution in [0.2, 0.25) is 0 Å². The zero-order chi connectivity index (χ0) is 18.8. The molecule has 6 heteroatoms. The van der Waals surface area contributed by atoms with Crippen LogP contribution in [0.1, 0.15) is 0 Å². The second-order valence-electron chi connectivity index (χ2n) is 5.49. The summed E-state index contributed by atoms with van der Waals surface area (Å²) in [4.78, 5) is 20.1. The Labute approximate surface area is 163 Å². The minimum absolute atomic E-state index is 0.106. The Kier molecular flexibility index (Phi) is 8.47. The number of rotatable bonds is 9. The van der Waals surface area contributed by atoms with Gasteiger partial charge in [-0.1, -0.05) is 48.2 Å². The van der Waals surface area contributed by atoms with Gasteiger partial charge in [-0.2, -0.15) is 0 Å². The average molecular weight is 386 g/mol. The minimum Gasteiger partial charge on any atom is -0.318 e. The molecule has 1 atom stereocenters. The van der Waals surface area contributed by atoms with Crippen molar-refractivity contribution in [3.8, 4) is 0 Å². The number of nitrogens with one attached hydrogen (secondary N) is 1. The van der Waals surface area contributed by atoms with E-state index in [9.17, 15) is 4.79 Å². The molecule has 1 aliphatic carbocycles. The van der Waals surface area contributed by atoms with Crippen molar-refractivity contribution < 1.29 is 4.79 Å². The third kappa shape index (κ3) is 6.37. The Balaban J connectivity index is 1.93. The molecule has 1 aliphatic rings. The van der Waals surface area contributed by atoms with Gasteiger partial charge in [-0.3, -0.25) is 9.79 Å². The number of carbonyl (C=O) groups is 1. The molecule has 136 valence electrons. The van der Waals surface area contributed by atoms with Crippen molar-refractivity contribution in [1.82, 2.24) is 10.2 Å². The molecule has 2 rings (SSSR count). The second-order valence-corrected chi connectivity index (χ2v) is 7.38. The molecule has 0 saturated carbocycles. The van der Waals surface area contributed by atoms with E-state index in [2.05, 4.69) is 41.3 Å². The lowest BCUT2D eigenvalue weighted by Crippen LogP contribution is -2.29. The predicted molar refractivity (Wildman–Crippen MR) is 114 cm³/mol. The lowest BCUT2D eigenvalue weighted by Gasteiger charge is -2.16. The minimum atomic E-state index is -0.129. The van der Waals surface area contributed by atoms with Crippen LogP contribution in [0.3, 0.4) is 0 Å². The van der Waals surface area contributed by atoms with Gasteiger partial charge in [0, 0.05) is 35.7 Å². The molecule has 4 nitrogen and oxygen atoms in total. The number of carbonyl (C=O) groups excluding carboxylic acids is 1. The van der Waals surface area contributed by atoms with Gasteiger partial charge in [-0.15, -0.1) is 11.8 Å². The normalized spacial score (nSPS) is 16.8. The molecule has 1 amide bonds. The van der Waals surface area contributed by atoms with E-state index in [1.165, 1.54) is 20.8 Å². The van der Waals surface area contributed by atoms with Gasteiger partial charge in [0.1, 0.15) is 0 Å². The summed E-state index contributed by atoms with van der Waals surface area (Å²) >= 11 is 3.27. The maximum Gasteiger partial charge on any atom is 0.252 e. The number of hydrogen-bond acceptors (Lipinski definition) is 5. The third-order valence-corrected chi connectivity index (χ3v) is 5.14. The van der Waals surface area contributed by atoms with Crippen LogP contribution < -0.4 is 5.32 Å². The number of hydrogen-bond donors (Lipinski definition) is 1. The van der Waals surface area contributed by atoms with E-state index in [1.54, 1.807) is 36.8 Å². The molecule has 0 fully saturated rings. The van der Waals surface area contributed by atoms with Gasteiger partial charge in [0.2, 0.25) is 0 Å². The van der Waals surface area contributed by atoms with Gasteiger partial charge in [0.25, 0.3) is 5.91 Å². The number of amides is 1. The summed E-state index contributed by atoms with van der Waals surface area (Å²) < 4.78 is 0. The average Bonchev–Trinajstić information content (AvgIpc) is 3.10. The molecule has 0 saturated heterocycles. The summed E-state index contributed by atoms with van der Waals surface area (Å²) in [7, 11) is 1.72. The van der Waals surface area contributed by atoms with Crippen molar-refractivity contribution in [1.29, 1.82) is 0 Å². The summed E-state index contributed by atoms with van der Waals surface area (Å²) in [6.07, 6.45) is 11.4. The summed E-state index contributed by atoms with van der Waals surface area (Å²) in [6, 6.07) is 10.4. The predicted octanol–water partition coefficient (Wildman–Crippen LogP) is 4.07. The van der Waals surface area contributed by atoms with E-state index in [1.807, 2.05) is 35.9 Å². The SMILES string of the molecule is C=N/C(=C\C(=O)N(C)/C=C\SC)CNC1C=CC=C1Sc1ccccc1. The number of nitrogens with zero attached hydrogens (tertiary/aromatic N) is 2. The first-order valence-electron chi connectivity index (χ1n) is 8.12. The highest BCUT2D eigenvalue weighted by molar-refractivity contribution is 8.03. The fourth-order valence-corrected chi connectivity index (χ4v) is 3.49. The molecular formula is C20H23N3OS2. The van der Waals surface area contributed by atoms with Crippen LogP contribution in [0.4, 0.5) is 0 Å². The smallest absolute Gasteiger partial charge is 0.252 e. The van der Waals surface area contributed by atoms with Crippen LogP contribution in [0.25, 0.3) is 0 Å². The molecule has 0 radical (unpaired) electrons. The van der Waals surface area contributed by atoms with Crippen LogP contribution in [0.5, 0.6) is 0 Å². The number of likely N-dealkylation sites (N-methyl/N-ethyl adjacent to an activating group) is 1. The summed E-state index contributed by atoms with van der Waals surface area (Å²) in [6.45, 7) is 4.05. The van der Waals surface area contributed by atoms with Crippen molar-refractivity contribution in [3.05, 3.63) is 76.8 Å². The molecule has 1 N–H and O–H groups in total. The molecule has 1 aromatic carbocycles. The number of thioether (sulfide) groups is 2. The zero-order valence-electron chi connectivity index (χ0n) is 15.0. The van der Waals surface area contributed by atoms with Gasteiger partial charge in [0.05, 0.1) is 11.7 Å². The fourth-order valence-electron chi connectivity index (χ4n) is 2.19. The monoisotopic (exact) mass is 385 g/mol. The van der Waals surface area contributed by atoms with E-state index in [4.69, 9.17) is 0 Å². The van der Waals surface area contributed by atoms with Crippen LogP contribution in [-0.4, -0.2) is 43.4 Å². The second kappa shape index (κ2) is 10.9. The Morgan fingerprint density at radius 2 is 2.15 bits per heavy atom. The highest BCUT2D eigenvalue weighted by Gasteiger charge is 2.16. The maximum absolute atomic E-state index is 12.2. The van der Waals surface area contributed by atoms with Crippen molar-refractivity contribution >= 4 is 36.1 Å². The van der Waals surface area contributed by atoms with Crippen molar-refractivity contribution in [3.63, 3.8) is 0 Å². The first-order chi connectivity index (χ1) is 12.6. The lowest BCUT2D eigenvalue weighted by atomic mass is 10.3. The van der Waals surface area contributed by atoms with E-state index < -0.39 is 0 Å². The third-order valence-electron chi connectivity index (χ3n) is 3.61. The van der Waals surface area contributed by atoms with E-state index in [-0.39, 0.29) is 11.9 Å². The van der Waals surface area contributed by atoms with Crippen LogP contribution in [-0.2, 0) is 4.79 Å². The van der Waals surface area contributed by atoms with Gasteiger partial charge < -0.3 is 10.2 Å². The number of allylic oxidation sites excluding steroid dienone is 2. The Morgan fingerprint density at radius 3 is 2.85 bits per heavy atom. The molecule has 0 aromatic heterocycles. The van der Waals surface area contributed by atoms with Crippen LogP contribution in [0, 0.1) is 0 Å². The maximum atomic E-state index is 12.2. The largest absolute Gasteiger partial charge is 0.318 e. The quantitative estimate of drug-likeness (QED) is 0.514.